The van der Waals surface area contributed by atoms with Crippen molar-refractivity contribution in [2.24, 2.45) is 22.2 Å². The molecular formula is C25H32N4O3S. The fourth-order valence-electron chi connectivity index (χ4n) is 7.63. The summed E-state index contributed by atoms with van der Waals surface area (Å²) in [6, 6.07) is 8.09. The lowest BCUT2D eigenvalue weighted by molar-refractivity contribution is -0.165. The number of aryl methyl sites for hydroxylation is 2. The number of nitrogens with zero attached hydrogens (tertiary/aromatic N) is 2. The van der Waals surface area contributed by atoms with E-state index in [0.717, 1.165) is 19.3 Å². The van der Waals surface area contributed by atoms with Crippen LogP contribution in [-0.2, 0) is 14.8 Å². The van der Waals surface area contributed by atoms with Crippen LogP contribution in [0.5, 0.6) is 0 Å². The third kappa shape index (κ3) is 4.14. The Morgan fingerprint density at radius 3 is 2.06 bits per heavy atom. The molecule has 0 radical (unpaired) electrons. The molecule has 2 N–H and O–H groups in total. The third-order valence-corrected chi connectivity index (χ3v) is 9.08. The number of carbonyl (C=O) groups is 1. The number of sulfonamides is 1. The standard InChI is InChI=1S/C25H32N4O3S/c1-16-9-17(2)27-22(26-16)29-33(31,32)20-7-5-19(6-8-20)28-21(30)25-12-18-10-23(3,14-25)13-24(4,11-18)15-25/h5-9,18H,10-15H2,1-4H3,(H,28,30)(H,26,27,29)/t18?,23-,24-,25?/m0/s1. The minimum absolute atomic E-state index is 0.0497. The molecule has 1 aromatic carbocycles. The Hall–Kier alpha value is -2.48. The molecule has 6 rings (SSSR count). The Labute approximate surface area is 195 Å². The monoisotopic (exact) mass is 468 g/mol. The molecule has 176 valence electrons. The second-order valence-electron chi connectivity index (χ2n) is 11.5. The first-order valence-electron chi connectivity index (χ1n) is 11.6. The fourth-order valence-corrected chi connectivity index (χ4v) is 8.58. The van der Waals surface area contributed by atoms with Crippen LogP contribution in [0, 0.1) is 36.0 Å². The van der Waals surface area contributed by atoms with Crippen molar-refractivity contribution in [3.05, 3.63) is 41.7 Å². The van der Waals surface area contributed by atoms with Gasteiger partial charge in [0.2, 0.25) is 11.9 Å². The van der Waals surface area contributed by atoms with E-state index in [1.54, 1.807) is 32.0 Å². The summed E-state index contributed by atoms with van der Waals surface area (Å²) in [5, 5.41) is 3.10. The molecule has 1 heterocycles. The topological polar surface area (TPSA) is 101 Å². The molecule has 1 aromatic heterocycles. The van der Waals surface area contributed by atoms with Crippen LogP contribution in [0.3, 0.4) is 0 Å². The van der Waals surface area contributed by atoms with Crippen molar-refractivity contribution in [1.29, 1.82) is 0 Å². The van der Waals surface area contributed by atoms with Crippen LogP contribution >= 0.6 is 0 Å². The second kappa shape index (κ2) is 7.26. The van der Waals surface area contributed by atoms with Crippen LogP contribution in [0.4, 0.5) is 11.6 Å². The van der Waals surface area contributed by atoms with Gasteiger partial charge >= 0.3 is 0 Å². The largest absolute Gasteiger partial charge is 0.326 e. The van der Waals surface area contributed by atoms with Gasteiger partial charge < -0.3 is 5.32 Å². The number of amides is 1. The van der Waals surface area contributed by atoms with Crippen molar-refractivity contribution in [3.8, 4) is 0 Å². The molecule has 0 unspecified atom stereocenters. The zero-order chi connectivity index (χ0) is 23.6. The van der Waals surface area contributed by atoms with Crippen LogP contribution in [0.25, 0.3) is 0 Å². The quantitative estimate of drug-likeness (QED) is 0.655. The second-order valence-corrected chi connectivity index (χ2v) is 13.2. The van der Waals surface area contributed by atoms with E-state index < -0.39 is 10.0 Å². The average Bonchev–Trinajstić information content (AvgIpc) is 2.64. The predicted molar refractivity (Wildman–Crippen MR) is 127 cm³/mol. The van der Waals surface area contributed by atoms with E-state index in [-0.39, 0.29) is 33.0 Å². The minimum Gasteiger partial charge on any atom is -0.326 e. The average molecular weight is 469 g/mol. The van der Waals surface area contributed by atoms with Crippen LogP contribution in [0.2, 0.25) is 0 Å². The van der Waals surface area contributed by atoms with E-state index in [0.29, 0.717) is 23.0 Å². The van der Waals surface area contributed by atoms with Gasteiger partial charge in [-0.05, 0) is 99.5 Å². The molecule has 0 aliphatic heterocycles. The van der Waals surface area contributed by atoms with E-state index in [4.69, 9.17) is 0 Å². The van der Waals surface area contributed by atoms with Crippen LogP contribution in [0.15, 0.2) is 35.2 Å². The highest BCUT2D eigenvalue weighted by Crippen LogP contribution is 2.69. The molecule has 4 aliphatic rings. The van der Waals surface area contributed by atoms with Crippen molar-refractivity contribution < 1.29 is 13.2 Å². The van der Waals surface area contributed by atoms with E-state index in [9.17, 15) is 13.2 Å². The minimum atomic E-state index is -3.83. The zero-order valence-corrected chi connectivity index (χ0v) is 20.6. The van der Waals surface area contributed by atoms with E-state index in [1.165, 1.54) is 31.4 Å². The summed E-state index contributed by atoms with van der Waals surface area (Å²) in [7, 11) is -3.83. The molecule has 4 bridgehead atoms. The Morgan fingerprint density at radius 1 is 0.939 bits per heavy atom. The first-order chi connectivity index (χ1) is 15.4. The van der Waals surface area contributed by atoms with Gasteiger partial charge in [0.15, 0.2) is 0 Å². The first-order valence-corrected chi connectivity index (χ1v) is 13.1. The summed E-state index contributed by atoms with van der Waals surface area (Å²) in [4.78, 5) is 21.9. The first kappa shape index (κ1) is 22.3. The number of hydrogen-bond acceptors (Lipinski definition) is 5. The van der Waals surface area contributed by atoms with E-state index in [2.05, 4.69) is 33.9 Å². The summed E-state index contributed by atoms with van der Waals surface area (Å²) in [6.45, 7) is 8.27. The lowest BCUT2D eigenvalue weighted by atomic mass is 9.40. The molecule has 0 saturated heterocycles. The maximum atomic E-state index is 13.5. The molecular weight excluding hydrogens is 436 g/mol. The van der Waals surface area contributed by atoms with Gasteiger partial charge in [0, 0.05) is 17.1 Å². The molecule has 4 aliphatic carbocycles. The number of carbonyl (C=O) groups excluding carboxylic acids is 1. The van der Waals surface area contributed by atoms with E-state index in [1.807, 2.05) is 0 Å². The lowest BCUT2D eigenvalue weighted by Gasteiger charge is -2.64. The van der Waals surface area contributed by atoms with Crippen molar-refractivity contribution in [1.82, 2.24) is 9.97 Å². The van der Waals surface area contributed by atoms with Gasteiger partial charge in [-0.15, -0.1) is 0 Å². The summed E-state index contributed by atoms with van der Waals surface area (Å²) >= 11 is 0. The van der Waals surface area contributed by atoms with Crippen LogP contribution in [0.1, 0.15) is 63.8 Å². The maximum absolute atomic E-state index is 13.5. The molecule has 2 aromatic rings. The number of aromatic nitrogens is 2. The SMILES string of the molecule is Cc1cc(C)nc(NS(=O)(=O)c2ccc(NC(=O)C34CC5C[C@](C)(C3)C[C@](C)(C5)C4)cc2)n1. The summed E-state index contributed by atoms with van der Waals surface area (Å²) < 4.78 is 28.0. The molecule has 7 nitrogen and oxygen atoms in total. The Morgan fingerprint density at radius 2 is 1.52 bits per heavy atom. The van der Waals surface area contributed by atoms with Gasteiger partial charge in [-0.2, -0.15) is 0 Å². The maximum Gasteiger partial charge on any atom is 0.264 e. The molecule has 0 spiro atoms. The number of nitrogens with one attached hydrogen (secondary N) is 2. The predicted octanol–water partition coefficient (Wildman–Crippen LogP) is 4.83. The highest BCUT2D eigenvalue weighted by Gasteiger charge is 2.62. The van der Waals surface area contributed by atoms with Gasteiger partial charge in [0.1, 0.15) is 0 Å². The van der Waals surface area contributed by atoms with Crippen LogP contribution < -0.4 is 10.0 Å². The highest BCUT2D eigenvalue weighted by atomic mass is 32.2. The molecule has 1 amide bonds. The van der Waals surface area contributed by atoms with Crippen LogP contribution in [-0.4, -0.2) is 24.3 Å². The molecule has 4 saturated carbocycles. The van der Waals surface area contributed by atoms with Gasteiger partial charge in [0.05, 0.1) is 10.3 Å². The molecule has 33 heavy (non-hydrogen) atoms. The third-order valence-electron chi connectivity index (χ3n) is 7.74. The van der Waals surface area contributed by atoms with Crippen molar-refractivity contribution >= 4 is 27.6 Å². The smallest absolute Gasteiger partial charge is 0.264 e. The molecule has 2 atom stereocenters. The molecule has 8 heteroatoms. The van der Waals surface area contributed by atoms with Gasteiger partial charge in [-0.3, -0.25) is 4.79 Å². The van der Waals surface area contributed by atoms with Crippen molar-refractivity contribution in [2.75, 3.05) is 10.0 Å². The van der Waals surface area contributed by atoms with Crippen molar-refractivity contribution in [2.45, 2.75) is 71.1 Å². The van der Waals surface area contributed by atoms with E-state index >= 15 is 0 Å². The number of rotatable bonds is 5. The lowest BCUT2D eigenvalue weighted by Crippen LogP contribution is -2.58. The number of anilines is 2. The Bertz CT molecular complexity index is 1190. The van der Waals surface area contributed by atoms with Gasteiger partial charge in [-0.25, -0.2) is 23.1 Å². The summed E-state index contributed by atoms with van der Waals surface area (Å²) in [5.74, 6) is 0.767. The Balaban J connectivity index is 1.31. The van der Waals surface area contributed by atoms with Crippen molar-refractivity contribution in [3.63, 3.8) is 0 Å². The summed E-state index contributed by atoms with van der Waals surface area (Å²) in [6.07, 6.45) is 6.56. The zero-order valence-electron chi connectivity index (χ0n) is 19.7. The van der Waals surface area contributed by atoms with Gasteiger partial charge in [-0.1, -0.05) is 13.8 Å². The highest BCUT2D eigenvalue weighted by molar-refractivity contribution is 7.92. The summed E-state index contributed by atoms with van der Waals surface area (Å²) in [5.41, 5.74) is 2.19. The number of hydrogen-bond donors (Lipinski definition) is 2. The van der Waals surface area contributed by atoms with Gasteiger partial charge in [0.25, 0.3) is 10.0 Å². The Kier molecular flexibility index (Phi) is 4.91. The molecule has 4 fully saturated rings. The fraction of sp³-hybridized carbons (Fsp3) is 0.560. The number of benzene rings is 1. The normalized spacial score (nSPS) is 32.5.